The zero-order chi connectivity index (χ0) is 19.8. The predicted octanol–water partition coefficient (Wildman–Crippen LogP) is 3.90. The Morgan fingerprint density at radius 2 is 1.79 bits per heavy atom. The molecule has 5 rings (SSSR count). The van der Waals surface area contributed by atoms with Crippen LogP contribution in [0, 0.1) is 6.92 Å². The van der Waals surface area contributed by atoms with E-state index in [0.29, 0.717) is 18.8 Å². The molecule has 0 saturated carbocycles. The van der Waals surface area contributed by atoms with Crippen LogP contribution in [0.25, 0.3) is 16.8 Å². The van der Waals surface area contributed by atoms with Gasteiger partial charge in [0.25, 0.3) is 5.91 Å². The third-order valence-corrected chi connectivity index (χ3v) is 6.14. The van der Waals surface area contributed by atoms with Crippen LogP contribution in [-0.2, 0) is 13.0 Å². The molecule has 0 saturated heterocycles. The first-order valence-electron chi connectivity index (χ1n) is 9.49. The Morgan fingerprint density at radius 3 is 2.59 bits per heavy atom. The van der Waals surface area contributed by atoms with E-state index in [1.54, 1.807) is 16.0 Å². The van der Waals surface area contributed by atoms with Crippen molar-refractivity contribution in [2.24, 2.45) is 0 Å². The lowest BCUT2D eigenvalue weighted by Gasteiger charge is -2.25. The summed E-state index contributed by atoms with van der Waals surface area (Å²) >= 11 is 1.60. The minimum Gasteiger partial charge on any atom is -0.332 e. The van der Waals surface area contributed by atoms with Gasteiger partial charge in [0, 0.05) is 17.8 Å². The van der Waals surface area contributed by atoms with Gasteiger partial charge in [0.05, 0.1) is 29.1 Å². The van der Waals surface area contributed by atoms with Crippen molar-refractivity contribution in [3.63, 3.8) is 0 Å². The summed E-state index contributed by atoms with van der Waals surface area (Å²) in [5.74, 6) is -0.0753. The molecule has 1 aliphatic rings. The second-order valence-electron chi connectivity index (χ2n) is 7.05. The van der Waals surface area contributed by atoms with Gasteiger partial charge in [-0.25, -0.2) is 9.67 Å². The Labute approximate surface area is 172 Å². The summed E-state index contributed by atoms with van der Waals surface area (Å²) in [5.41, 5.74) is 7.30. The molecule has 0 aliphatic carbocycles. The van der Waals surface area contributed by atoms with Crippen LogP contribution >= 0.6 is 11.3 Å². The number of carbonyl (C=O) groups excluding carboxylic acids is 1. The minimum absolute atomic E-state index is 0.0753. The Bertz CT molecular complexity index is 1160. The molecule has 0 fully saturated rings. The lowest BCUT2D eigenvalue weighted by Crippen LogP contribution is -2.36. The van der Waals surface area contributed by atoms with Crippen LogP contribution < -0.4 is 0 Å². The summed E-state index contributed by atoms with van der Waals surface area (Å²) in [6.45, 7) is 3.14. The fourth-order valence-electron chi connectivity index (χ4n) is 3.64. The van der Waals surface area contributed by atoms with E-state index >= 15 is 0 Å². The lowest BCUT2D eigenvalue weighted by molar-refractivity contribution is 0.0729. The minimum atomic E-state index is -0.0753. The molecular weight excluding hydrogens is 382 g/mol. The van der Waals surface area contributed by atoms with E-state index in [-0.39, 0.29) is 5.91 Å². The van der Waals surface area contributed by atoms with Gasteiger partial charge in [-0.05, 0) is 30.2 Å². The third kappa shape index (κ3) is 3.23. The van der Waals surface area contributed by atoms with Gasteiger partial charge in [-0.3, -0.25) is 4.79 Å². The zero-order valence-corrected chi connectivity index (χ0v) is 16.8. The topological polar surface area (TPSA) is 63.9 Å². The van der Waals surface area contributed by atoms with E-state index in [0.717, 1.165) is 39.5 Å². The van der Waals surface area contributed by atoms with Crippen molar-refractivity contribution < 1.29 is 4.79 Å². The number of benzene rings is 2. The SMILES string of the molecule is Cc1c(C(=O)N2CCc3ncsc3C2)nnn1-c1ccc(-c2ccccc2)cc1. The molecule has 0 spiro atoms. The van der Waals surface area contributed by atoms with Gasteiger partial charge in [-0.2, -0.15) is 0 Å². The quantitative estimate of drug-likeness (QED) is 0.522. The molecule has 0 radical (unpaired) electrons. The van der Waals surface area contributed by atoms with Crippen molar-refractivity contribution in [2.75, 3.05) is 6.54 Å². The van der Waals surface area contributed by atoms with Crippen LogP contribution in [0.5, 0.6) is 0 Å². The van der Waals surface area contributed by atoms with Crippen molar-refractivity contribution in [2.45, 2.75) is 19.9 Å². The maximum Gasteiger partial charge on any atom is 0.276 e. The number of aromatic nitrogens is 4. The van der Waals surface area contributed by atoms with E-state index in [4.69, 9.17) is 0 Å². The highest BCUT2D eigenvalue weighted by molar-refractivity contribution is 7.09. The Morgan fingerprint density at radius 1 is 1.03 bits per heavy atom. The Kier molecular flexibility index (Phi) is 4.44. The maximum atomic E-state index is 13.0. The van der Waals surface area contributed by atoms with Crippen LogP contribution in [0.15, 0.2) is 60.1 Å². The predicted molar refractivity (Wildman–Crippen MR) is 112 cm³/mol. The fourth-order valence-corrected chi connectivity index (χ4v) is 4.47. The molecule has 0 N–H and O–H groups in total. The molecule has 0 unspecified atom stereocenters. The first kappa shape index (κ1) is 17.8. The number of rotatable bonds is 3. The summed E-state index contributed by atoms with van der Waals surface area (Å²) < 4.78 is 1.73. The van der Waals surface area contributed by atoms with Crippen LogP contribution in [0.3, 0.4) is 0 Å². The Hall–Kier alpha value is -3.32. The van der Waals surface area contributed by atoms with Crippen molar-refractivity contribution >= 4 is 17.2 Å². The lowest BCUT2D eigenvalue weighted by atomic mass is 10.1. The number of hydrogen-bond acceptors (Lipinski definition) is 5. The number of fused-ring (bicyclic) bond motifs is 1. The number of carbonyl (C=O) groups is 1. The normalized spacial score (nSPS) is 13.3. The summed E-state index contributed by atoms with van der Waals surface area (Å²) in [6.07, 6.45) is 0.790. The van der Waals surface area contributed by atoms with Crippen molar-refractivity contribution in [3.8, 4) is 16.8 Å². The van der Waals surface area contributed by atoms with E-state index in [1.165, 1.54) is 0 Å². The maximum absolute atomic E-state index is 13.0. The van der Waals surface area contributed by atoms with Gasteiger partial charge in [-0.1, -0.05) is 47.7 Å². The highest BCUT2D eigenvalue weighted by Gasteiger charge is 2.27. The molecule has 3 heterocycles. The van der Waals surface area contributed by atoms with Crippen LogP contribution in [0.1, 0.15) is 26.8 Å². The van der Waals surface area contributed by atoms with E-state index in [9.17, 15) is 4.79 Å². The van der Waals surface area contributed by atoms with Gasteiger partial charge >= 0.3 is 0 Å². The van der Waals surface area contributed by atoms with E-state index in [1.807, 2.05) is 47.7 Å². The molecule has 1 amide bonds. The highest BCUT2D eigenvalue weighted by atomic mass is 32.1. The number of thiazole rings is 1. The highest BCUT2D eigenvalue weighted by Crippen LogP contribution is 2.24. The van der Waals surface area contributed by atoms with E-state index in [2.05, 4.69) is 39.6 Å². The van der Waals surface area contributed by atoms with Crippen LogP contribution in [0.4, 0.5) is 0 Å². The van der Waals surface area contributed by atoms with Gasteiger partial charge < -0.3 is 4.90 Å². The van der Waals surface area contributed by atoms with Crippen molar-refractivity contribution in [1.29, 1.82) is 0 Å². The van der Waals surface area contributed by atoms with Crippen molar-refractivity contribution in [3.05, 3.63) is 82.1 Å². The average molecular weight is 401 g/mol. The number of amides is 1. The summed E-state index contributed by atoms with van der Waals surface area (Å²) in [4.78, 5) is 20.4. The summed E-state index contributed by atoms with van der Waals surface area (Å²) in [7, 11) is 0. The molecule has 1 aliphatic heterocycles. The first-order chi connectivity index (χ1) is 14.2. The smallest absolute Gasteiger partial charge is 0.276 e. The molecule has 29 heavy (non-hydrogen) atoms. The zero-order valence-electron chi connectivity index (χ0n) is 15.9. The molecule has 0 atom stereocenters. The Balaban J connectivity index is 1.39. The average Bonchev–Trinajstić information content (AvgIpc) is 3.40. The van der Waals surface area contributed by atoms with Gasteiger partial charge in [0.2, 0.25) is 0 Å². The molecule has 6 nitrogen and oxygen atoms in total. The molecule has 4 aromatic rings. The van der Waals surface area contributed by atoms with Crippen molar-refractivity contribution in [1.82, 2.24) is 24.9 Å². The number of hydrogen-bond donors (Lipinski definition) is 0. The molecule has 144 valence electrons. The van der Waals surface area contributed by atoms with Crippen LogP contribution in [-0.4, -0.2) is 37.3 Å². The third-order valence-electron chi connectivity index (χ3n) is 5.28. The standard InChI is InChI=1S/C22H19N5OS/c1-15-21(22(28)26-12-11-19-20(13-26)29-14-23-19)24-25-27(15)18-9-7-17(8-10-18)16-5-3-2-4-6-16/h2-10,14H,11-13H2,1H3. The van der Waals surface area contributed by atoms with Crippen LogP contribution in [0.2, 0.25) is 0 Å². The first-order valence-corrected chi connectivity index (χ1v) is 10.4. The van der Waals surface area contributed by atoms with Gasteiger partial charge in [-0.15, -0.1) is 16.4 Å². The van der Waals surface area contributed by atoms with E-state index < -0.39 is 0 Å². The molecule has 0 bridgehead atoms. The second kappa shape index (κ2) is 7.25. The largest absolute Gasteiger partial charge is 0.332 e. The van der Waals surface area contributed by atoms with Gasteiger partial charge in [0.15, 0.2) is 5.69 Å². The van der Waals surface area contributed by atoms with Gasteiger partial charge in [0.1, 0.15) is 0 Å². The molecule has 2 aromatic carbocycles. The summed E-state index contributed by atoms with van der Waals surface area (Å²) in [6, 6.07) is 18.3. The molecule has 7 heteroatoms. The second-order valence-corrected chi connectivity index (χ2v) is 7.99. The number of nitrogens with zero attached hydrogens (tertiary/aromatic N) is 5. The summed E-state index contributed by atoms with van der Waals surface area (Å²) in [5, 5.41) is 8.45. The fraction of sp³-hybridized carbons (Fsp3) is 0.182. The molecule has 2 aromatic heterocycles. The monoisotopic (exact) mass is 401 g/mol. The molecular formula is C22H19N5OS.